The Balaban J connectivity index is 1.78. The van der Waals surface area contributed by atoms with Gasteiger partial charge in [-0.2, -0.15) is 0 Å². The number of likely N-dealkylation sites (tertiary alicyclic amines) is 1. The number of carbonyl (C=O) groups is 2. The standard InChI is InChI=1S/C14H24N2O3/c1-11(17)16-7-5-12(6-8-16)14(18)15(2)10-13-4-3-9-19-13/h12-13H,3-10H2,1-2H3. The van der Waals surface area contributed by atoms with Crippen LogP contribution in [0.4, 0.5) is 0 Å². The highest BCUT2D eigenvalue weighted by Crippen LogP contribution is 2.20. The van der Waals surface area contributed by atoms with E-state index < -0.39 is 0 Å². The molecule has 5 heteroatoms. The van der Waals surface area contributed by atoms with Crippen LogP contribution in [0.5, 0.6) is 0 Å². The number of hydrogen-bond acceptors (Lipinski definition) is 3. The normalized spacial score (nSPS) is 24.5. The molecule has 108 valence electrons. The van der Waals surface area contributed by atoms with Gasteiger partial charge in [0.15, 0.2) is 0 Å². The van der Waals surface area contributed by atoms with Crippen molar-refractivity contribution in [1.82, 2.24) is 9.80 Å². The highest BCUT2D eigenvalue weighted by atomic mass is 16.5. The fourth-order valence-corrected chi connectivity index (χ4v) is 2.94. The SMILES string of the molecule is CC(=O)N1CCC(C(=O)N(C)CC2CCCO2)CC1. The molecule has 0 bridgehead atoms. The molecule has 2 heterocycles. The second-order valence-corrected chi connectivity index (χ2v) is 5.63. The van der Waals surface area contributed by atoms with Crippen molar-refractivity contribution in [3.8, 4) is 0 Å². The van der Waals surface area contributed by atoms with E-state index in [4.69, 9.17) is 4.74 Å². The van der Waals surface area contributed by atoms with Crippen LogP contribution in [0.2, 0.25) is 0 Å². The van der Waals surface area contributed by atoms with E-state index in [0.29, 0.717) is 19.6 Å². The number of amides is 2. The molecule has 0 saturated carbocycles. The van der Waals surface area contributed by atoms with Gasteiger partial charge in [-0.05, 0) is 25.7 Å². The van der Waals surface area contributed by atoms with Gasteiger partial charge in [0.1, 0.15) is 0 Å². The van der Waals surface area contributed by atoms with Crippen LogP contribution >= 0.6 is 0 Å². The van der Waals surface area contributed by atoms with Gasteiger partial charge >= 0.3 is 0 Å². The number of carbonyl (C=O) groups excluding carboxylic acids is 2. The lowest BCUT2D eigenvalue weighted by molar-refractivity contribution is -0.140. The Hall–Kier alpha value is -1.10. The van der Waals surface area contributed by atoms with E-state index >= 15 is 0 Å². The van der Waals surface area contributed by atoms with Crippen LogP contribution in [0.1, 0.15) is 32.6 Å². The Bertz CT molecular complexity index is 332. The summed E-state index contributed by atoms with van der Waals surface area (Å²) in [6.07, 6.45) is 3.94. The van der Waals surface area contributed by atoms with Crippen LogP contribution < -0.4 is 0 Å². The molecule has 0 aliphatic carbocycles. The summed E-state index contributed by atoms with van der Waals surface area (Å²) >= 11 is 0. The fourth-order valence-electron chi connectivity index (χ4n) is 2.94. The van der Waals surface area contributed by atoms with Gasteiger partial charge in [0, 0.05) is 46.1 Å². The quantitative estimate of drug-likeness (QED) is 0.763. The van der Waals surface area contributed by atoms with Crippen LogP contribution in [0, 0.1) is 5.92 Å². The third-order valence-corrected chi connectivity index (χ3v) is 4.17. The van der Waals surface area contributed by atoms with Crippen molar-refractivity contribution in [2.45, 2.75) is 38.7 Å². The Morgan fingerprint density at radius 2 is 1.95 bits per heavy atom. The van der Waals surface area contributed by atoms with E-state index in [1.165, 1.54) is 0 Å². The first-order chi connectivity index (χ1) is 9.08. The zero-order valence-electron chi connectivity index (χ0n) is 11.9. The minimum atomic E-state index is 0.0713. The van der Waals surface area contributed by atoms with Gasteiger partial charge in [-0.15, -0.1) is 0 Å². The molecule has 2 saturated heterocycles. The number of ether oxygens (including phenoxy) is 1. The van der Waals surface area contributed by atoms with E-state index in [9.17, 15) is 9.59 Å². The number of likely N-dealkylation sites (N-methyl/N-ethyl adjacent to an activating group) is 1. The van der Waals surface area contributed by atoms with Crippen LogP contribution in [0.3, 0.4) is 0 Å². The summed E-state index contributed by atoms with van der Waals surface area (Å²) in [6.45, 7) is 4.53. The molecule has 2 aliphatic heterocycles. The summed E-state index contributed by atoms with van der Waals surface area (Å²) in [5, 5.41) is 0. The van der Waals surface area contributed by atoms with E-state index in [1.54, 1.807) is 6.92 Å². The summed E-state index contributed by atoms with van der Waals surface area (Å²) < 4.78 is 5.56. The second kappa shape index (κ2) is 6.37. The summed E-state index contributed by atoms with van der Waals surface area (Å²) in [4.78, 5) is 27.2. The molecule has 1 atom stereocenters. The van der Waals surface area contributed by atoms with Crippen molar-refractivity contribution in [3.05, 3.63) is 0 Å². The highest BCUT2D eigenvalue weighted by Gasteiger charge is 2.29. The Morgan fingerprint density at radius 3 is 2.47 bits per heavy atom. The summed E-state index contributed by atoms with van der Waals surface area (Å²) in [5.74, 6) is 0.388. The molecule has 0 aromatic heterocycles. The van der Waals surface area contributed by atoms with Crippen molar-refractivity contribution in [3.63, 3.8) is 0 Å². The van der Waals surface area contributed by atoms with E-state index in [-0.39, 0.29) is 23.8 Å². The summed E-state index contributed by atoms with van der Waals surface area (Å²) in [7, 11) is 1.86. The Kier molecular flexibility index (Phi) is 4.80. The van der Waals surface area contributed by atoms with Crippen LogP contribution in [-0.4, -0.2) is 61.0 Å². The van der Waals surface area contributed by atoms with Crippen molar-refractivity contribution in [2.75, 3.05) is 33.3 Å². The number of rotatable bonds is 3. The molecule has 2 fully saturated rings. The lowest BCUT2D eigenvalue weighted by Crippen LogP contribution is -2.44. The summed E-state index contributed by atoms with van der Waals surface area (Å²) in [5.41, 5.74) is 0. The van der Waals surface area contributed by atoms with Gasteiger partial charge in [-0.3, -0.25) is 9.59 Å². The highest BCUT2D eigenvalue weighted by molar-refractivity contribution is 5.79. The maximum atomic E-state index is 12.3. The van der Waals surface area contributed by atoms with Crippen molar-refractivity contribution in [1.29, 1.82) is 0 Å². The van der Waals surface area contributed by atoms with Gasteiger partial charge in [0.25, 0.3) is 0 Å². The predicted molar refractivity (Wildman–Crippen MR) is 71.6 cm³/mol. The maximum absolute atomic E-state index is 12.3. The Labute approximate surface area is 114 Å². The van der Waals surface area contributed by atoms with Crippen LogP contribution in [0.15, 0.2) is 0 Å². The minimum absolute atomic E-state index is 0.0713. The molecular weight excluding hydrogens is 244 g/mol. The van der Waals surface area contributed by atoms with E-state index in [2.05, 4.69) is 0 Å². The van der Waals surface area contributed by atoms with Gasteiger partial charge in [-0.1, -0.05) is 0 Å². The molecule has 0 aromatic rings. The molecule has 2 aliphatic rings. The first kappa shape index (κ1) is 14.3. The molecule has 2 amide bonds. The average molecular weight is 268 g/mol. The molecule has 0 spiro atoms. The molecule has 0 radical (unpaired) electrons. The van der Waals surface area contributed by atoms with Crippen LogP contribution in [0.25, 0.3) is 0 Å². The molecule has 19 heavy (non-hydrogen) atoms. The molecule has 5 nitrogen and oxygen atoms in total. The third-order valence-electron chi connectivity index (χ3n) is 4.17. The first-order valence-corrected chi connectivity index (χ1v) is 7.20. The van der Waals surface area contributed by atoms with Crippen molar-refractivity contribution in [2.24, 2.45) is 5.92 Å². The number of hydrogen-bond donors (Lipinski definition) is 0. The molecule has 0 N–H and O–H groups in total. The Morgan fingerprint density at radius 1 is 1.26 bits per heavy atom. The first-order valence-electron chi connectivity index (χ1n) is 7.20. The maximum Gasteiger partial charge on any atom is 0.225 e. The molecular formula is C14H24N2O3. The zero-order chi connectivity index (χ0) is 13.8. The number of piperidine rings is 1. The van der Waals surface area contributed by atoms with Crippen LogP contribution in [-0.2, 0) is 14.3 Å². The van der Waals surface area contributed by atoms with Crippen molar-refractivity contribution < 1.29 is 14.3 Å². The fraction of sp³-hybridized carbons (Fsp3) is 0.857. The second-order valence-electron chi connectivity index (χ2n) is 5.63. The van der Waals surface area contributed by atoms with Gasteiger partial charge in [0.05, 0.1) is 6.10 Å². The molecule has 2 rings (SSSR count). The minimum Gasteiger partial charge on any atom is -0.376 e. The third kappa shape index (κ3) is 3.69. The topological polar surface area (TPSA) is 49.9 Å². The van der Waals surface area contributed by atoms with Gasteiger partial charge in [0.2, 0.25) is 11.8 Å². The lowest BCUT2D eigenvalue weighted by Gasteiger charge is -2.33. The summed E-state index contributed by atoms with van der Waals surface area (Å²) in [6, 6.07) is 0. The smallest absolute Gasteiger partial charge is 0.225 e. The zero-order valence-corrected chi connectivity index (χ0v) is 11.9. The van der Waals surface area contributed by atoms with Gasteiger partial charge in [-0.25, -0.2) is 0 Å². The van der Waals surface area contributed by atoms with Gasteiger partial charge < -0.3 is 14.5 Å². The largest absolute Gasteiger partial charge is 0.376 e. The van der Waals surface area contributed by atoms with E-state index in [1.807, 2.05) is 16.8 Å². The lowest BCUT2D eigenvalue weighted by atomic mass is 9.95. The number of nitrogens with zero attached hydrogens (tertiary/aromatic N) is 2. The monoisotopic (exact) mass is 268 g/mol. The van der Waals surface area contributed by atoms with Crippen molar-refractivity contribution >= 4 is 11.8 Å². The molecule has 1 unspecified atom stereocenters. The van der Waals surface area contributed by atoms with E-state index in [0.717, 1.165) is 32.3 Å². The molecule has 0 aromatic carbocycles. The average Bonchev–Trinajstić information content (AvgIpc) is 2.90. The predicted octanol–water partition coefficient (Wildman–Crippen LogP) is 0.882.